The van der Waals surface area contributed by atoms with Gasteiger partial charge in [-0.25, -0.2) is 0 Å². The van der Waals surface area contributed by atoms with Crippen LogP contribution in [0.15, 0.2) is 17.5 Å². The van der Waals surface area contributed by atoms with Crippen molar-refractivity contribution < 1.29 is 15.0 Å². The Morgan fingerprint density at radius 3 is 2.50 bits per heavy atom. The van der Waals surface area contributed by atoms with Crippen molar-refractivity contribution in [1.29, 1.82) is 0 Å². The maximum atomic E-state index is 11.9. The van der Waals surface area contributed by atoms with E-state index >= 15 is 0 Å². The van der Waals surface area contributed by atoms with Crippen molar-refractivity contribution in [2.75, 3.05) is 39.9 Å². The minimum absolute atomic E-state index is 0.0721. The van der Waals surface area contributed by atoms with Crippen LogP contribution in [0.1, 0.15) is 4.88 Å². The summed E-state index contributed by atoms with van der Waals surface area (Å²) in [7, 11) is 1.88. The molecule has 0 saturated heterocycles. The molecule has 0 fully saturated rings. The molecule has 1 aromatic rings. The van der Waals surface area contributed by atoms with E-state index in [2.05, 4.69) is 0 Å². The summed E-state index contributed by atoms with van der Waals surface area (Å²) in [5.74, 6) is -0.0721. The fraction of sp³-hybridized carbons (Fsp3) is 0.583. The number of aliphatic hydroxyl groups excluding tert-OH is 2. The second-order valence-corrected chi connectivity index (χ2v) is 5.11. The van der Waals surface area contributed by atoms with Crippen molar-refractivity contribution in [3.05, 3.63) is 22.4 Å². The van der Waals surface area contributed by atoms with Crippen LogP contribution >= 0.6 is 11.3 Å². The third-order valence-corrected chi connectivity index (χ3v) is 3.36. The van der Waals surface area contributed by atoms with Crippen LogP contribution in [-0.2, 0) is 11.3 Å². The number of hydrogen-bond donors (Lipinski definition) is 2. The van der Waals surface area contributed by atoms with E-state index in [0.29, 0.717) is 0 Å². The predicted molar refractivity (Wildman–Crippen MR) is 71.4 cm³/mol. The first-order valence-corrected chi connectivity index (χ1v) is 6.75. The lowest BCUT2D eigenvalue weighted by Crippen LogP contribution is -2.41. The molecule has 2 N–H and O–H groups in total. The van der Waals surface area contributed by atoms with Gasteiger partial charge in [0.05, 0.1) is 19.8 Å². The summed E-state index contributed by atoms with van der Waals surface area (Å²) in [6, 6.07) is 4.02. The highest BCUT2D eigenvalue weighted by Crippen LogP contribution is 2.10. The SMILES string of the molecule is CN(CC(=O)N(CCO)CCO)Cc1cccs1. The highest BCUT2D eigenvalue weighted by molar-refractivity contribution is 7.09. The molecule has 0 radical (unpaired) electrons. The van der Waals surface area contributed by atoms with Gasteiger partial charge < -0.3 is 15.1 Å². The Morgan fingerprint density at radius 1 is 1.33 bits per heavy atom. The monoisotopic (exact) mass is 272 g/mol. The van der Waals surface area contributed by atoms with Crippen LogP contribution in [0.5, 0.6) is 0 Å². The second-order valence-electron chi connectivity index (χ2n) is 4.08. The molecule has 1 amide bonds. The lowest BCUT2D eigenvalue weighted by atomic mass is 10.4. The zero-order valence-electron chi connectivity index (χ0n) is 10.6. The van der Waals surface area contributed by atoms with Crippen molar-refractivity contribution in [1.82, 2.24) is 9.80 Å². The number of aliphatic hydroxyl groups is 2. The molecular weight excluding hydrogens is 252 g/mol. The summed E-state index contributed by atoms with van der Waals surface area (Å²) in [6.07, 6.45) is 0. The first-order chi connectivity index (χ1) is 8.67. The van der Waals surface area contributed by atoms with E-state index < -0.39 is 0 Å². The van der Waals surface area contributed by atoms with Crippen molar-refractivity contribution >= 4 is 17.2 Å². The number of carbonyl (C=O) groups is 1. The number of carbonyl (C=O) groups excluding carboxylic acids is 1. The van der Waals surface area contributed by atoms with Gasteiger partial charge in [-0.3, -0.25) is 9.69 Å². The number of likely N-dealkylation sites (N-methyl/N-ethyl adjacent to an activating group) is 1. The van der Waals surface area contributed by atoms with Crippen molar-refractivity contribution in [2.24, 2.45) is 0 Å². The number of hydrogen-bond acceptors (Lipinski definition) is 5. The third kappa shape index (κ3) is 5.14. The zero-order chi connectivity index (χ0) is 13.4. The standard InChI is InChI=1S/C12H20N2O3S/c1-13(9-11-3-2-8-18-11)10-12(17)14(4-6-15)5-7-16/h2-3,8,15-16H,4-7,9-10H2,1H3. The van der Waals surface area contributed by atoms with Crippen LogP contribution in [0, 0.1) is 0 Å². The summed E-state index contributed by atoms with van der Waals surface area (Å²) in [6.45, 7) is 1.40. The molecule has 0 saturated carbocycles. The van der Waals surface area contributed by atoms with Crippen LogP contribution in [-0.4, -0.2) is 65.8 Å². The van der Waals surface area contributed by atoms with E-state index in [-0.39, 0.29) is 38.8 Å². The van der Waals surface area contributed by atoms with Crippen molar-refractivity contribution in [2.45, 2.75) is 6.54 Å². The Balaban J connectivity index is 2.41. The highest BCUT2D eigenvalue weighted by Gasteiger charge is 2.14. The molecule has 0 aliphatic rings. The Morgan fingerprint density at radius 2 is 2.00 bits per heavy atom. The molecule has 0 aliphatic carbocycles. The summed E-state index contributed by atoms with van der Waals surface area (Å²) in [4.78, 5) is 16.5. The van der Waals surface area contributed by atoms with E-state index in [1.807, 2.05) is 29.5 Å². The summed E-state index contributed by atoms with van der Waals surface area (Å²) in [5, 5.41) is 19.7. The van der Waals surface area contributed by atoms with Crippen molar-refractivity contribution in [3.63, 3.8) is 0 Å². The number of rotatable bonds is 8. The Bertz CT molecular complexity index is 337. The average Bonchev–Trinajstić information content (AvgIpc) is 2.81. The fourth-order valence-corrected chi connectivity index (χ4v) is 2.44. The zero-order valence-corrected chi connectivity index (χ0v) is 11.4. The lowest BCUT2D eigenvalue weighted by Gasteiger charge is -2.24. The van der Waals surface area contributed by atoms with E-state index in [1.165, 1.54) is 9.78 Å². The van der Waals surface area contributed by atoms with Crippen LogP contribution in [0.3, 0.4) is 0 Å². The highest BCUT2D eigenvalue weighted by atomic mass is 32.1. The van der Waals surface area contributed by atoms with Gasteiger partial charge in [-0.2, -0.15) is 0 Å². The minimum atomic E-state index is -0.0830. The van der Waals surface area contributed by atoms with Crippen LogP contribution in [0.4, 0.5) is 0 Å². The summed E-state index contributed by atoms with van der Waals surface area (Å²) in [5.41, 5.74) is 0. The van der Waals surface area contributed by atoms with E-state index in [9.17, 15) is 4.79 Å². The van der Waals surface area contributed by atoms with Crippen LogP contribution < -0.4 is 0 Å². The average molecular weight is 272 g/mol. The van der Waals surface area contributed by atoms with E-state index in [1.54, 1.807) is 11.3 Å². The molecule has 5 nitrogen and oxygen atoms in total. The molecule has 0 aromatic carbocycles. The molecule has 0 aliphatic heterocycles. The van der Waals surface area contributed by atoms with Gasteiger partial charge in [0.1, 0.15) is 0 Å². The van der Waals surface area contributed by atoms with E-state index in [4.69, 9.17) is 10.2 Å². The van der Waals surface area contributed by atoms with E-state index in [0.717, 1.165) is 6.54 Å². The first kappa shape index (κ1) is 15.1. The Kier molecular flexibility index (Phi) is 6.89. The Labute approximate surface area is 111 Å². The molecule has 102 valence electrons. The summed E-state index contributed by atoms with van der Waals surface area (Å²) < 4.78 is 0. The van der Waals surface area contributed by atoms with Gasteiger partial charge in [-0.1, -0.05) is 6.07 Å². The topological polar surface area (TPSA) is 64.0 Å². The van der Waals surface area contributed by atoms with Gasteiger partial charge in [-0.15, -0.1) is 11.3 Å². The van der Waals surface area contributed by atoms with Gasteiger partial charge >= 0.3 is 0 Å². The normalized spacial score (nSPS) is 10.9. The quantitative estimate of drug-likeness (QED) is 0.699. The van der Waals surface area contributed by atoms with Gasteiger partial charge in [-0.05, 0) is 18.5 Å². The molecular formula is C12H20N2O3S. The molecule has 0 bridgehead atoms. The number of thiophene rings is 1. The molecule has 6 heteroatoms. The number of nitrogens with zero attached hydrogens (tertiary/aromatic N) is 2. The molecule has 1 heterocycles. The number of amides is 1. The smallest absolute Gasteiger partial charge is 0.236 e. The second kappa shape index (κ2) is 8.20. The summed E-state index contributed by atoms with van der Waals surface area (Å²) >= 11 is 1.66. The molecule has 1 rings (SSSR count). The van der Waals surface area contributed by atoms with Crippen LogP contribution in [0.2, 0.25) is 0 Å². The third-order valence-electron chi connectivity index (χ3n) is 2.50. The predicted octanol–water partition coefficient (Wildman–Crippen LogP) is -0.00690. The lowest BCUT2D eigenvalue weighted by molar-refractivity contribution is -0.133. The molecule has 18 heavy (non-hydrogen) atoms. The fourth-order valence-electron chi connectivity index (χ4n) is 1.66. The van der Waals surface area contributed by atoms with Gasteiger partial charge in [0, 0.05) is 24.5 Å². The molecule has 0 unspecified atom stereocenters. The minimum Gasteiger partial charge on any atom is -0.395 e. The van der Waals surface area contributed by atoms with Crippen molar-refractivity contribution in [3.8, 4) is 0 Å². The first-order valence-electron chi connectivity index (χ1n) is 5.87. The maximum Gasteiger partial charge on any atom is 0.236 e. The molecule has 0 spiro atoms. The molecule has 0 atom stereocenters. The molecule has 1 aromatic heterocycles. The largest absolute Gasteiger partial charge is 0.395 e. The maximum absolute atomic E-state index is 11.9. The van der Waals surface area contributed by atoms with Gasteiger partial charge in [0.25, 0.3) is 0 Å². The van der Waals surface area contributed by atoms with Gasteiger partial charge in [0.15, 0.2) is 0 Å². The van der Waals surface area contributed by atoms with Crippen LogP contribution in [0.25, 0.3) is 0 Å². The Hall–Kier alpha value is -0.950. The van der Waals surface area contributed by atoms with Gasteiger partial charge in [0.2, 0.25) is 5.91 Å².